The molecular formula is C10H12O3. The highest BCUT2D eigenvalue weighted by atomic mass is 16.4. The van der Waals surface area contributed by atoms with Gasteiger partial charge in [0.25, 0.3) is 0 Å². The van der Waals surface area contributed by atoms with Crippen LogP contribution in [0.1, 0.15) is 25.7 Å². The highest BCUT2D eigenvalue weighted by Gasteiger charge is 2.07. The van der Waals surface area contributed by atoms with Crippen LogP contribution in [0, 0.1) is 0 Å². The minimum atomic E-state index is -0.779. The number of ketones is 1. The van der Waals surface area contributed by atoms with E-state index in [-0.39, 0.29) is 12.2 Å². The van der Waals surface area contributed by atoms with Gasteiger partial charge in [0.2, 0.25) is 0 Å². The second-order valence-corrected chi connectivity index (χ2v) is 3.07. The number of hydrogen-bond donors (Lipinski definition) is 1. The number of carbonyl (C=O) groups excluding carboxylic acids is 1. The minimum absolute atomic E-state index is 0.104. The van der Waals surface area contributed by atoms with Gasteiger partial charge in [-0.15, -0.1) is 0 Å². The molecule has 0 amide bonds. The largest absolute Gasteiger partial charge is 0.481 e. The molecule has 0 aromatic rings. The highest BCUT2D eigenvalue weighted by Crippen LogP contribution is 2.15. The van der Waals surface area contributed by atoms with Gasteiger partial charge >= 0.3 is 5.97 Å². The van der Waals surface area contributed by atoms with E-state index in [0.717, 1.165) is 5.57 Å². The van der Waals surface area contributed by atoms with Gasteiger partial charge in [-0.25, -0.2) is 0 Å². The van der Waals surface area contributed by atoms with Gasteiger partial charge in [0.15, 0.2) is 5.78 Å². The molecule has 0 aromatic heterocycles. The van der Waals surface area contributed by atoms with Crippen molar-refractivity contribution < 1.29 is 14.7 Å². The molecule has 1 N–H and O–H groups in total. The summed E-state index contributed by atoms with van der Waals surface area (Å²) in [4.78, 5) is 21.1. The first-order valence-electron chi connectivity index (χ1n) is 4.29. The van der Waals surface area contributed by atoms with E-state index in [4.69, 9.17) is 5.11 Å². The zero-order valence-corrected chi connectivity index (χ0v) is 7.32. The van der Waals surface area contributed by atoms with Gasteiger partial charge in [-0.2, -0.15) is 0 Å². The van der Waals surface area contributed by atoms with Crippen LogP contribution >= 0.6 is 0 Å². The molecule has 0 fully saturated rings. The average Bonchev–Trinajstić information content (AvgIpc) is 2.03. The minimum Gasteiger partial charge on any atom is -0.481 e. The fraction of sp³-hybridized carbons (Fsp3) is 0.400. The second kappa shape index (κ2) is 4.60. The Labute approximate surface area is 76.8 Å². The average molecular weight is 180 g/mol. The zero-order valence-electron chi connectivity index (χ0n) is 7.32. The van der Waals surface area contributed by atoms with Gasteiger partial charge in [-0.3, -0.25) is 9.59 Å². The van der Waals surface area contributed by atoms with Crippen LogP contribution in [0.2, 0.25) is 0 Å². The standard InChI is InChI=1S/C10H12O3/c11-9-5-1-3-8(7-9)4-2-6-10(12)13/h1,3,5H,2,4,6-7H2,(H,12,13). The van der Waals surface area contributed by atoms with E-state index in [1.54, 1.807) is 12.2 Å². The van der Waals surface area contributed by atoms with Crippen molar-refractivity contribution in [1.29, 1.82) is 0 Å². The van der Waals surface area contributed by atoms with Gasteiger partial charge in [0.05, 0.1) is 0 Å². The Morgan fingerprint density at radius 2 is 2.31 bits per heavy atom. The molecule has 0 aliphatic heterocycles. The Bertz CT molecular complexity index is 274. The maximum Gasteiger partial charge on any atom is 0.303 e. The van der Waals surface area contributed by atoms with Crippen LogP contribution < -0.4 is 0 Å². The van der Waals surface area contributed by atoms with E-state index < -0.39 is 5.97 Å². The van der Waals surface area contributed by atoms with Crippen LogP contribution in [-0.2, 0) is 9.59 Å². The second-order valence-electron chi connectivity index (χ2n) is 3.07. The summed E-state index contributed by atoms with van der Waals surface area (Å²) in [6, 6.07) is 0. The monoisotopic (exact) mass is 180 g/mol. The van der Waals surface area contributed by atoms with Gasteiger partial charge in [-0.1, -0.05) is 17.7 Å². The third-order valence-electron chi connectivity index (χ3n) is 1.90. The molecule has 1 rings (SSSR count). The van der Waals surface area contributed by atoms with Crippen molar-refractivity contribution in [2.75, 3.05) is 0 Å². The molecule has 0 aromatic carbocycles. The number of allylic oxidation sites excluding steroid dienone is 4. The molecule has 70 valence electrons. The molecule has 0 saturated carbocycles. The first-order chi connectivity index (χ1) is 6.18. The van der Waals surface area contributed by atoms with Crippen molar-refractivity contribution in [2.24, 2.45) is 0 Å². The highest BCUT2D eigenvalue weighted by molar-refractivity contribution is 5.92. The van der Waals surface area contributed by atoms with Gasteiger partial charge in [0.1, 0.15) is 0 Å². The lowest BCUT2D eigenvalue weighted by Crippen LogP contribution is -2.01. The Hall–Kier alpha value is -1.38. The predicted molar refractivity (Wildman–Crippen MR) is 48.3 cm³/mol. The summed E-state index contributed by atoms with van der Waals surface area (Å²) >= 11 is 0. The maximum absolute atomic E-state index is 10.9. The molecule has 0 unspecified atom stereocenters. The maximum atomic E-state index is 10.9. The van der Waals surface area contributed by atoms with Crippen molar-refractivity contribution in [3.05, 3.63) is 23.8 Å². The van der Waals surface area contributed by atoms with Crippen molar-refractivity contribution in [2.45, 2.75) is 25.7 Å². The van der Waals surface area contributed by atoms with Crippen LogP contribution in [-0.4, -0.2) is 16.9 Å². The quantitative estimate of drug-likeness (QED) is 0.716. The van der Waals surface area contributed by atoms with Crippen molar-refractivity contribution in [1.82, 2.24) is 0 Å². The van der Waals surface area contributed by atoms with Crippen LogP contribution in [0.4, 0.5) is 0 Å². The Kier molecular flexibility index (Phi) is 3.43. The first kappa shape index (κ1) is 9.71. The molecular weight excluding hydrogens is 168 g/mol. The SMILES string of the molecule is O=C(O)CCCC1=CC=CC(=O)C1. The zero-order chi connectivity index (χ0) is 9.68. The number of rotatable bonds is 4. The number of carboxylic acid groups (broad SMARTS) is 1. The van der Waals surface area contributed by atoms with Gasteiger partial charge < -0.3 is 5.11 Å². The molecule has 1 aliphatic rings. The Morgan fingerprint density at radius 3 is 2.92 bits per heavy atom. The van der Waals surface area contributed by atoms with Gasteiger partial charge in [0, 0.05) is 12.8 Å². The molecule has 3 nitrogen and oxygen atoms in total. The van der Waals surface area contributed by atoms with Crippen molar-refractivity contribution in [3.63, 3.8) is 0 Å². The number of aliphatic carboxylic acids is 1. The summed E-state index contributed by atoms with van der Waals surface area (Å²) in [7, 11) is 0. The summed E-state index contributed by atoms with van der Waals surface area (Å²) in [5.41, 5.74) is 1.04. The molecule has 0 heterocycles. The van der Waals surface area contributed by atoms with E-state index in [2.05, 4.69) is 0 Å². The van der Waals surface area contributed by atoms with Gasteiger partial charge in [-0.05, 0) is 18.9 Å². The molecule has 13 heavy (non-hydrogen) atoms. The number of carboxylic acids is 1. The van der Waals surface area contributed by atoms with E-state index in [1.807, 2.05) is 6.08 Å². The Morgan fingerprint density at radius 1 is 1.54 bits per heavy atom. The smallest absolute Gasteiger partial charge is 0.303 e. The molecule has 0 spiro atoms. The lowest BCUT2D eigenvalue weighted by molar-refractivity contribution is -0.137. The van der Waals surface area contributed by atoms with Crippen molar-refractivity contribution in [3.8, 4) is 0 Å². The molecule has 0 atom stereocenters. The molecule has 0 saturated heterocycles. The van der Waals surface area contributed by atoms with Crippen molar-refractivity contribution >= 4 is 11.8 Å². The third-order valence-corrected chi connectivity index (χ3v) is 1.90. The van der Waals surface area contributed by atoms with Crippen LogP contribution in [0.3, 0.4) is 0 Å². The summed E-state index contributed by atoms with van der Waals surface area (Å²) in [6.07, 6.45) is 7.11. The Balaban J connectivity index is 2.29. The summed E-state index contributed by atoms with van der Waals surface area (Å²) in [5.74, 6) is -0.675. The fourth-order valence-corrected chi connectivity index (χ4v) is 1.27. The van der Waals surface area contributed by atoms with E-state index >= 15 is 0 Å². The van der Waals surface area contributed by atoms with E-state index in [0.29, 0.717) is 19.3 Å². The first-order valence-corrected chi connectivity index (χ1v) is 4.29. The normalized spacial score (nSPS) is 15.7. The summed E-state index contributed by atoms with van der Waals surface area (Å²) in [6.45, 7) is 0. The van der Waals surface area contributed by atoms with E-state index in [1.165, 1.54) is 0 Å². The topological polar surface area (TPSA) is 54.4 Å². The number of carbonyl (C=O) groups is 2. The lowest BCUT2D eigenvalue weighted by Gasteiger charge is -2.06. The van der Waals surface area contributed by atoms with Crippen LogP contribution in [0.15, 0.2) is 23.8 Å². The third kappa shape index (κ3) is 3.69. The number of hydrogen-bond acceptors (Lipinski definition) is 2. The van der Waals surface area contributed by atoms with Crippen LogP contribution in [0.25, 0.3) is 0 Å². The summed E-state index contributed by atoms with van der Waals surface area (Å²) < 4.78 is 0. The predicted octanol–water partition coefficient (Wildman–Crippen LogP) is 1.70. The lowest BCUT2D eigenvalue weighted by atomic mass is 9.99. The summed E-state index contributed by atoms with van der Waals surface area (Å²) in [5, 5.41) is 8.39. The molecule has 0 radical (unpaired) electrons. The fourth-order valence-electron chi connectivity index (χ4n) is 1.27. The molecule has 1 aliphatic carbocycles. The molecule has 3 heteroatoms. The van der Waals surface area contributed by atoms with E-state index in [9.17, 15) is 9.59 Å². The molecule has 0 bridgehead atoms. The van der Waals surface area contributed by atoms with Crippen LogP contribution in [0.5, 0.6) is 0 Å².